The smallest absolute Gasteiger partial charge is 0.232 e. The lowest BCUT2D eigenvalue weighted by molar-refractivity contribution is -0.120. The normalized spacial score (nSPS) is 11.9. The Morgan fingerprint density at radius 3 is 2.45 bits per heavy atom. The molecule has 22 heavy (non-hydrogen) atoms. The van der Waals surface area contributed by atoms with Gasteiger partial charge >= 0.3 is 0 Å². The summed E-state index contributed by atoms with van der Waals surface area (Å²) in [6, 6.07) is 18.0. The second-order valence-corrected chi connectivity index (χ2v) is 6.55. The number of carbonyl (C=O) groups is 1. The molecule has 0 bridgehead atoms. The summed E-state index contributed by atoms with van der Waals surface area (Å²) in [5.74, 6) is 0.948. The van der Waals surface area contributed by atoms with Crippen LogP contribution in [-0.4, -0.2) is 17.7 Å². The average Bonchev–Trinajstić information content (AvgIpc) is 2.55. The average molecular weight is 314 g/mol. The number of nitrogens with one attached hydrogen (secondary N) is 1. The van der Waals surface area contributed by atoms with Crippen molar-refractivity contribution in [3.8, 4) is 0 Å². The van der Waals surface area contributed by atoms with Crippen LogP contribution in [0.15, 0.2) is 54.6 Å². The Bertz CT molecular complexity index is 584. The van der Waals surface area contributed by atoms with Gasteiger partial charge in [-0.05, 0) is 36.6 Å². The van der Waals surface area contributed by atoms with Crippen LogP contribution < -0.4 is 11.1 Å². The molecule has 0 saturated carbocycles. The highest BCUT2D eigenvalue weighted by Gasteiger charge is 2.12. The van der Waals surface area contributed by atoms with Crippen LogP contribution in [0.2, 0.25) is 0 Å². The van der Waals surface area contributed by atoms with E-state index < -0.39 is 0 Å². The molecule has 0 heterocycles. The van der Waals surface area contributed by atoms with Crippen molar-refractivity contribution in [3.05, 3.63) is 65.7 Å². The zero-order valence-electron chi connectivity index (χ0n) is 12.8. The molecule has 3 nitrogen and oxygen atoms in total. The van der Waals surface area contributed by atoms with Gasteiger partial charge in [-0.1, -0.05) is 42.5 Å². The van der Waals surface area contributed by atoms with Crippen LogP contribution in [-0.2, 0) is 17.0 Å². The highest BCUT2D eigenvalue weighted by atomic mass is 32.2. The van der Waals surface area contributed by atoms with E-state index in [1.54, 1.807) is 11.8 Å². The summed E-state index contributed by atoms with van der Waals surface area (Å²) in [4.78, 5) is 12.1. The van der Waals surface area contributed by atoms with Gasteiger partial charge in [-0.3, -0.25) is 4.79 Å². The molecule has 2 rings (SSSR count). The molecule has 0 aliphatic heterocycles. The number of thioether (sulfide) groups is 1. The topological polar surface area (TPSA) is 55.1 Å². The zero-order chi connectivity index (χ0) is 15.8. The van der Waals surface area contributed by atoms with Crippen molar-refractivity contribution in [2.75, 3.05) is 12.3 Å². The summed E-state index contributed by atoms with van der Waals surface area (Å²) < 4.78 is 0. The van der Waals surface area contributed by atoms with Crippen molar-refractivity contribution in [2.24, 2.45) is 0 Å². The highest BCUT2D eigenvalue weighted by molar-refractivity contribution is 7.99. The number of benzene rings is 2. The molecule has 0 aliphatic rings. The van der Waals surface area contributed by atoms with Crippen LogP contribution in [0.25, 0.3) is 0 Å². The second kappa shape index (κ2) is 8.49. The molecule has 1 unspecified atom stereocenters. The lowest BCUT2D eigenvalue weighted by Gasteiger charge is -2.12. The van der Waals surface area contributed by atoms with Crippen molar-refractivity contribution < 1.29 is 4.79 Å². The van der Waals surface area contributed by atoms with Crippen LogP contribution in [0.1, 0.15) is 18.1 Å². The third kappa shape index (κ3) is 5.45. The molecule has 2 aromatic rings. The Morgan fingerprint density at radius 2 is 1.77 bits per heavy atom. The van der Waals surface area contributed by atoms with Gasteiger partial charge < -0.3 is 11.1 Å². The van der Waals surface area contributed by atoms with Crippen molar-refractivity contribution in [1.82, 2.24) is 5.32 Å². The molecular formula is C18H22N2OS. The molecule has 116 valence electrons. The number of amides is 1. The van der Waals surface area contributed by atoms with Gasteiger partial charge in [-0.2, -0.15) is 0 Å². The standard InChI is InChI=1S/C18H22N2OS/c1-14(22-13-16-5-3-2-4-6-16)18(21)20-12-11-15-7-9-17(19)10-8-15/h2-10,14H,11-13,19H2,1H3,(H,20,21). The highest BCUT2D eigenvalue weighted by Crippen LogP contribution is 2.17. The number of hydrogen-bond acceptors (Lipinski definition) is 3. The maximum atomic E-state index is 12.1. The molecular weight excluding hydrogens is 292 g/mol. The Hall–Kier alpha value is -1.94. The molecule has 0 spiro atoms. The van der Waals surface area contributed by atoms with E-state index in [0.29, 0.717) is 6.54 Å². The number of carbonyl (C=O) groups excluding carboxylic acids is 1. The molecule has 2 aromatic carbocycles. The summed E-state index contributed by atoms with van der Waals surface area (Å²) in [6.45, 7) is 2.60. The van der Waals surface area contributed by atoms with Crippen molar-refractivity contribution >= 4 is 23.4 Å². The summed E-state index contributed by atoms with van der Waals surface area (Å²) in [5, 5.41) is 2.94. The Balaban J connectivity index is 1.69. The van der Waals surface area contributed by atoms with Gasteiger partial charge in [0, 0.05) is 18.0 Å². The number of nitrogens with two attached hydrogens (primary N) is 1. The molecule has 0 radical (unpaired) electrons. The zero-order valence-corrected chi connectivity index (χ0v) is 13.6. The quantitative estimate of drug-likeness (QED) is 0.771. The fourth-order valence-corrected chi connectivity index (χ4v) is 2.90. The van der Waals surface area contributed by atoms with E-state index in [4.69, 9.17) is 5.73 Å². The summed E-state index contributed by atoms with van der Waals surface area (Å²) in [7, 11) is 0. The monoisotopic (exact) mass is 314 g/mol. The summed E-state index contributed by atoms with van der Waals surface area (Å²) >= 11 is 1.66. The van der Waals surface area contributed by atoms with Crippen LogP contribution in [0.5, 0.6) is 0 Å². The molecule has 0 saturated heterocycles. The predicted octanol–water partition coefficient (Wildman–Crippen LogP) is 3.25. The van der Waals surface area contributed by atoms with Gasteiger partial charge in [0.2, 0.25) is 5.91 Å². The molecule has 0 aliphatic carbocycles. The summed E-state index contributed by atoms with van der Waals surface area (Å²) in [6.07, 6.45) is 0.822. The van der Waals surface area contributed by atoms with Gasteiger partial charge in [-0.25, -0.2) is 0 Å². The van der Waals surface area contributed by atoms with Crippen LogP contribution in [0.4, 0.5) is 5.69 Å². The van der Waals surface area contributed by atoms with Gasteiger partial charge in [0.25, 0.3) is 0 Å². The first-order chi connectivity index (χ1) is 10.6. The molecule has 0 aromatic heterocycles. The minimum Gasteiger partial charge on any atom is -0.399 e. The molecule has 1 atom stereocenters. The second-order valence-electron chi connectivity index (χ2n) is 5.22. The van der Waals surface area contributed by atoms with Gasteiger partial charge in [-0.15, -0.1) is 11.8 Å². The number of nitrogen functional groups attached to an aromatic ring is 1. The maximum absolute atomic E-state index is 12.1. The first-order valence-corrected chi connectivity index (χ1v) is 8.47. The fourth-order valence-electron chi connectivity index (χ4n) is 2.03. The maximum Gasteiger partial charge on any atom is 0.232 e. The van der Waals surface area contributed by atoms with E-state index in [9.17, 15) is 4.79 Å². The summed E-state index contributed by atoms with van der Waals surface area (Å²) in [5.41, 5.74) is 8.84. The van der Waals surface area contributed by atoms with E-state index in [1.165, 1.54) is 11.1 Å². The number of rotatable bonds is 7. The van der Waals surface area contributed by atoms with E-state index in [0.717, 1.165) is 17.9 Å². The van der Waals surface area contributed by atoms with E-state index in [2.05, 4.69) is 17.4 Å². The minimum atomic E-state index is -0.0494. The predicted molar refractivity (Wildman–Crippen MR) is 94.8 cm³/mol. The van der Waals surface area contributed by atoms with E-state index in [-0.39, 0.29) is 11.2 Å². The Morgan fingerprint density at radius 1 is 1.09 bits per heavy atom. The lowest BCUT2D eigenvalue weighted by Crippen LogP contribution is -2.32. The molecule has 3 N–H and O–H groups in total. The minimum absolute atomic E-state index is 0.0494. The van der Waals surface area contributed by atoms with Crippen LogP contribution in [0.3, 0.4) is 0 Å². The Labute approximate surface area is 136 Å². The number of hydrogen-bond donors (Lipinski definition) is 2. The van der Waals surface area contributed by atoms with E-state index >= 15 is 0 Å². The first-order valence-electron chi connectivity index (χ1n) is 7.43. The SMILES string of the molecule is CC(SCc1ccccc1)C(=O)NCCc1ccc(N)cc1. The van der Waals surface area contributed by atoms with Gasteiger partial charge in [0.15, 0.2) is 0 Å². The molecule has 4 heteroatoms. The Kier molecular flexibility index (Phi) is 6.34. The lowest BCUT2D eigenvalue weighted by atomic mass is 10.1. The number of anilines is 1. The first kappa shape index (κ1) is 16.4. The third-order valence-corrected chi connectivity index (χ3v) is 4.62. The molecule has 1 amide bonds. The van der Waals surface area contributed by atoms with Gasteiger partial charge in [0.05, 0.1) is 5.25 Å². The third-order valence-electron chi connectivity index (χ3n) is 3.40. The van der Waals surface area contributed by atoms with Crippen molar-refractivity contribution in [1.29, 1.82) is 0 Å². The van der Waals surface area contributed by atoms with Crippen LogP contribution in [0, 0.1) is 0 Å². The largest absolute Gasteiger partial charge is 0.399 e. The van der Waals surface area contributed by atoms with E-state index in [1.807, 2.05) is 49.4 Å². The molecule has 0 fully saturated rings. The van der Waals surface area contributed by atoms with Gasteiger partial charge in [0.1, 0.15) is 0 Å². The van der Waals surface area contributed by atoms with Crippen LogP contribution >= 0.6 is 11.8 Å². The van der Waals surface area contributed by atoms with Crippen molar-refractivity contribution in [2.45, 2.75) is 24.3 Å². The fraction of sp³-hybridized carbons (Fsp3) is 0.278. The van der Waals surface area contributed by atoms with Crippen molar-refractivity contribution in [3.63, 3.8) is 0 Å².